The number of rotatable bonds is 0. The van der Waals surface area contributed by atoms with Gasteiger partial charge in [-0.05, 0) is 39.1 Å². The fourth-order valence-corrected chi connectivity index (χ4v) is 4.04. The van der Waals surface area contributed by atoms with Gasteiger partial charge in [0.15, 0.2) is 0 Å². The Balaban J connectivity index is 2.06. The molecule has 116 valence electrons. The molecule has 0 spiro atoms. The Morgan fingerprint density at radius 3 is 2.52 bits per heavy atom. The summed E-state index contributed by atoms with van der Waals surface area (Å²) in [6.07, 6.45) is 5.63. The van der Waals surface area contributed by atoms with E-state index in [9.17, 15) is 0 Å². The third-order valence-electron chi connectivity index (χ3n) is 5.11. The molecule has 0 amide bonds. The molecule has 0 fully saturated rings. The predicted octanol–water partition coefficient (Wildman–Crippen LogP) is 5.34. The van der Waals surface area contributed by atoms with Crippen LogP contribution in [0, 0.1) is 0 Å². The Hall–Kier alpha value is -3.46. The van der Waals surface area contributed by atoms with Crippen LogP contribution in [0.5, 0.6) is 0 Å². The topological polar surface area (TPSA) is 30.2 Å². The Morgan fingerprint density at radius 1 is 0.680 bits per heavy atom. The lowest BCUT2D eigenvalue weighted by molar-refractivity contribution is 1.17. The molecular weight excluding hydrogens is 306 g/mol. The van der Waals surface area contributed by atoms with Crippen molar-refractivity contribution in [1.82, 2.24) is 14.4 Å². The minimum absolute atomic E-state index is 0.946. The molecule has 25 heavy (non-hydrogen) atoms. The maximum atomic E-state index is 4.60. The molecule has 3 aromatic carbocycles. The van der Waals surface area contributed by atoms with Crippen molar-refractivity contribution in [3.05, 3.63) is 79.4 Å². The molecule has 6 aromatic rings. The van der Waals surface area contributed by atoms with Gasteiger partial charge in [0.25, 0.3) is 0 Å². The van der Waals surface area contributed by atoms with Crippen molar-refractivity contribution < 1.29 is 0 Å². The molecule has 0 aliphatic carbocycles. The van der Waals surface area contributed by atoms with E-state index in [2.05, 4.69) is 69.0 Å². The van der Waals surface area contributed by atoms with Crippen LogP contribution in [0.2, 0.25) is 0 Å². The minimum Gasteiger partial charge on any atom is -0.282 e. The van der Waals surface area contributed by atoms with E-state index in [-0.39, 0.29) is 0 Å². The number of pyridine rings is 2. The summed E-state index contributed by atoms with van der Waals surface area (Å²) < 4.78 is 2.10. The molecule has 3 nitrogen and oxygen atoms in total. The Labute approximate surface area is 143 Å². The van der Waals surface area contributed by atoms with E-state index in [1.54, 1.807) is 0 Å². The van der Waals surface area contributed by atoms with Crippen LogP contribution in [0.15, 0.2) is 79.4 Å². The van der Waals surface area contributed by atoms with Crippen LogP contribution in [-0.2, 0) is 0 Å². The minimum atomic E-state index is 0.946. The van der Waals surface area contributed by atoms with Gasteiger partial charge in [0.05, 0.1) is 11.7 Å². The second-order valence-electron chi connectivity index (χ2n) is 6.40. The Morgan fingerprint density at radius 2 is 1.52 bits per heavy atom. The highest BCUT2D eigenvalue weighted by molar-refractivity contribution is 6.28. The number of nitrogens with zero attached hydrogens (tertiary/aromatic N) is 3. The van der Waals surface area contributed by atoms with Gasteiger partial charge in [-0.2, -0.15) is 0 Å². The van der Waals surface area contributed by atoms with Gasteiger partial charge >= 0.3 is 0 Å². The maximum absolute atomic E-state index is 4.60. The monoisotopic (exact) mass is 319 g/mol. The second-order valence-corrected chi connectivity index (χ2v) is 6.40. The number of hydrogen-bond acceptors (Lipinski definition) is 2. The highest BCUT2D eigenvalue weighted by Gasteiger charge is 2.13. The van der Waals surface area contributed by atoms with Crippen molar-refractivity contribution in [2.45, 2.75) is 0 Å². The van der Waals surface area contributed by atoms with Crippen molar-refractivity contribution in [1.29, 1.82) is 0 Å². The first-order valence-corrected chi connectivity index (χ1v) is 8.35. The second kappa shape index (κ2) is 4.54. The van der Waals surface area contributed by atoms with E-state index < -0.39 is 0 Å². The third-order valence-corrected chi connectivity index (χ3v) is 5.11. The first kappa shape index (κ1) is 12.9. The lowest BCUT2D eigenvalue weighted by Crippen LogP contribution is -1.93. The maximum Gasteiger partial charge on any atom is 0.146 e. The molecule has 6 rings (SSSR count). The van der Waals surface area contributed by atoms with E-state index in [0.717, 1.165) is 16.6 Å². The number of fused-ring (bicyclic) bond motifs is 10. The number of aromatic nitrogens is 3. The average Bonchev–Trinajstić information content (AvgIpc) is 3.17. The smallest absolute Gasteiger partial charge is 0.146 e. The predicted molar refractivity (Wildman–Crippen MR) is 103 cm³/mol. The molecule has 0 radical (unpaired) electrons. The normalized spacial score (nSPS) is 12.0. The summed E-state index contributed by atoms with van der Waals surface area (Å²) in [5.74, 6) is 0. The van der Waals surface area contributed by atoms with Crippen LogP contribution < -0.4 is 0 Å². The van der Waals surface area contributed by atoms with E-state index in [1.165, 1.54) is 32.3 Å². The summed E-state index contributed by atoms with van der Waals surface area (Å²) in [6, 6.07) is 21.5. The van der Waals surface area contributed by atoms with Gasteiger partial charge in [0, 0.05) is 17.0 Å². The zero-order valence-electron chi connectivity index (χ0n) is 13.3. The Bertz CT molecular complexity index is 1440. The van der Waals surface area contributed by atoms with Crippen LogP contribution in [-0.4, -0.2) is 14.4 Å². The average molecular weight is 319 g/mol. The molecule has 3 heteroatoms. The molecule has 3 heterocycles. The molecule has 0 saturated heterocycles. The van der Waals surface area contributed by atoms with E-state index in [4.69, 9.17) is 0 Å². The van der Waals surface area contributed by atoms with Gasteiger partial charge in [-0.15, -0.1) is 0 Å². The lowest BCUT2D eigenvalue weighted by Gasteiger charge is -2.12. The first-order valence-electron chi connectivity index (χ1n) is 8.35. The molecule has 0 unspecified atom stereocenters. The van der Waals surface area contributed by atoms with Crippen molar-refractivity contribution in [3.63, 3.8) is 0 Å². The van der Waals surface area contributed by atoms with E-state index in [0.29, 0.717) is 0 Å². The van der Waals surface area contributed by atoms with E-state index >= 15 is 0 Å². The van der Waals surface area contributed by atoms with Crippen molar-refractivity contribution in [3.8, 4) is 0 Å². The number of hydrogen-bond donors (Lipinski definition) is 0. The zero-order chi connectivity index (χ0) is 16.4. The van der Waals surface area contributed by atoms with Crippen LogP contribution >= 0.6 is 0 Å². The quantitative estimate of drug-likeness (QED) is 0.354. The summed E-state index contributed by atoms with van der Waals surface area (Å²) in [5, 5.41) is 8.68. The highest BCUT2D eigenvalue weighted by atomic mass is 15.0. The molecule has 0 bridgehead atoms. The molecule has 0 aliphatic heterocycles. The molecule has 0 saturated carbocycles. The first-order chi connectivity index (χ1) is 12.4. The fourth-order valence-electron chi connectivity index (χ4n) is 4.04. The van der Waals surface area contributed by atoms with Crippen molar-refractivity contribution >= 4 is 48.9 Å². The van der Waals surface area contributed by atoms with Crippen LogP contribution in [0.25, 0.3) is 48.9 Å². The zero-order valence-corrected chi connectivity index (χ0v) is 13.3. The number of benzene rings is 3. The van der Waals surface area contributed by atoms with Gasteiger partial charge in [-0.3, -0.25) is 4.40 Å². The summed E-state index contributed by atoms with van der Waals surface area (Å²) >= 11 is 0. The third kappa shape index (κ3) is 1.59. The highest BCUT2D eigenvalue weighted by Crippen LogP contribution is 2.37. The summed E-state index contributed by atoms with van der Waals surface area (Å²) in [5.41, 5.74) is 2.05. The van der Waals surface area contributed by atoms with Crippen LogP contribution in [0.3, 0.4) is 0 Å². The van der Waals surface area contributed by atoms with Gasteiger partial charge in [0.1, 0.15) is 12.0 Å². The van der Waals surface area contributed by atoms with Crippen LogP contribution in [0.1, 0.15) is 0 Å². The summed E-state index contributed by atoms with van der Waals surface area (Å²) in [6.45, 7) is 0. The van der Waals surface area contributed by atoms with Gasteiger partial charge < -0.3 is 0 Å². The van der Waals surface area contributed by atoms with Crippen molar-refractivity contribution in [2.75, 3.05) is 0 Å². The van der Waals surface area contributed by atoms with Crippen LogP contribution in [0.4, 0.5) is 0 Å². The van der Waals surface area contributed by atoms with Gasteiger partial charge in [-0.25, -0.2) is 9.97 Å². The van der Waals surface area contributed by atoms with E-state index in [1.807, 2.05) is 24.8 Å². The molecule has 3 aromatic heterocycles. The number of imidazole rings is 1. The standard InChI is InChI=1S/C22H13N3/c1-2-5-16-14(4-1)7-8-15-9-10-17-18-6-3-11-24-22(18)25-13-23-12-19(25)21(17)20(15)16/h1-13H. The lowest BCUT2D eigenvalue weighted by atomic mass is 9.95. The molecule has 0 N–H and O–H groups in total. The molecule has 0 aliphatic rings. The van der Waals surface area contributed by atoms with Crippen molar-refractivity contribution in [2.24, 2.45) is 0 Å². The molecular formula is C22H13N3. The Kier molecular flexibility index (Phi) is 2.35. The molecule has 0 atom stereocenters. The largest absolute Gasteiger partial charge is 0.282 e. The van der Waals surface area contributed by atoms with Gasteiger partial charge in [-0.1, -0.05) is 48.5 Å². The summed E-state index contributed by atoms with van der Waals surface area (Å²) in [7, 11) is 0. The van der Waals surface area contributed by atoms with Gasteiger partial charge in [0.2, 0.25) is 0 Å². The SMILES string of the molecule is c1ccc2c(c1)ccc1ccc3c4cccnc4n4cncc4c3c12. The summed E-state index contributed by atoms with van der Waals surface area (Å²) in [4.78, 5) is 9.01. The fraction of sp³-hybridized carbons (Fsp3) is 0.